The van der Waals surface area contributed by atoms with Crippen LogP contribution in [0.15, 0.2) is 60.8 Å². The third-order valence-electron chi connectivity index (χ3n) is 3.34. The van der Waals surface area contributed by atoms with E-state index in [0.717, 1.165) is 17.8 Å². The predicted octanol–water partition coefficient (Wildman–Crippen LogP) is 4.02. The van der Waals surface area contributed by atoms with Crippen molar-refractivity contribution in [3.8, 4) is 0 Å². The molecule has 0 radical (unpaired) electrons. The second-order valence-electron chi connectivity index (χ2n) is 5.15. The van der Waals surface area contributed by atoms with Crippen LogP contribution >= 0.6 is 0 Å². The molecule has 4 nitrogen and oxygen atoms in total. The first kappa shape index (κ1) is 16.5. The van der Waals surface area contributed by atoms with Crippen molar-refractivity contribution >= 4 is 23.1 Å². The molecule has 0 atom stereocenters. The van der Waals surface area contributed by atoms with Crippen LogP contribution in [0.3, 0.4) is 0 Å². The quantitative estimate of drug-likeness (QED) is 0.626. The van der Waals surface area contributed by atoms with Gasteiger partial charge >= 0.3 is 0 Å². The molecule has 118 valence electrons. The number of carbonyl (C=O) groups excluding carboxylic acids is 2. The Morgan fingerprint density at radius 3 is 2.13 bits per heavy atom. The Balaban J connectivity index is 1.92. The second kappa shape index (κ2) is 7.94. The van der Waals surface area contributed by atoms with Crippen molar-refractivity contribution in [1.82, 2.24) is 0 Å². The highest BCUT2D eigenvalue weighted by Crippen LogP contribution is 2.13. The van der Waals surface area contributed by atoms with Crippen LogP contribution in [-0.4, -0.2) is 11.7 Å². The maximum absolute atomic E-state index is 12.0. The Bertz CT molecular complexity index is 701. The number of carbonyl (C=O) groups is 2. The third kappa shape index (κ3) is 5.11. The summed E-state index contributed by atoms with van der Waals surface area (Å²) in [5.74, 6) is -0.152. The van der Waals surface area contributed by atoms with E-state index in [-0.39, 0.29) is 11.7 Å². The molecule has 0 saturated heterocycles. The molecule has 1 amide bonds. The van der Waals surface area contributed by atoms with Gasteiger partial charge in [-0.05, 0) is 36.2 Å². The van der Waals surface area contributed by atoms with Crippen molar-refractivity contribution in [2.45, 2.75) is 20.3 Å². The van der Waals surface area contributed by atoms with E-state index in [9.17, 15) is 9.59 Å². The Morgan fingerprint density at radius 2 is 1.57 bits per heavy atom. The minimum absolute atomic E-state index is 0.0463. The molecular weight excluding hydrogens is 288 g/mol. The van der Waals surface area contributed by atoms with Gasteiger partial charge in [0.25, 0.3) is 0 Å². The fraction of sp³-hybridized carbons (Fsp3) is 0.158. The van der Waals surface area contributed by atoms with Gasteiger partial charge in [0.05, 0.1) is 0 Å². The largest absolute Gasteiger partial charge is 0.362 e. The summed E-state index contributed by atoms with van der Waals surface area (Å²) in [7, 11) is 0. The van der Waals surface area contributed by atoms with Crippen molar-refractivity contribution < 1.29 is 9.59 Å². The average Bonchev–Trinajstić information content (AvgIpc) is 2.56. The number of allylic oxidation sites excluding steroid dienone is 1. The van der Waals surface area contributed by atoms with Gasteiger partial charge in [0.2, 0.25) is 5.91 Å². The molecule has 0 aliphatic carbocycles. The minimum atomic E-state index is -0.106. The molecule has 0 aliphatic rings. The number of aryl methyl sites for hydroxylation is 1. The lowest BCUT2D eigenvalue weighted by Gasteiger charge is -2.04. The zero-order chi connectivity index (χ0) is 16.7. The van der Waals surface area contributed by atoms with Crippen molar-refractivity contribution in [1.29, 1.82) is 0 Å². The SMILES string of the molecule is CCc1ccc(C(=O)/C=C\Nc2ccc(NC(C)=O)cc2)cc1. The molecule has 0 aliphatic heterocycles. The molecule has 2 N–H and O–H groups in total. The van der Waals surface area contributed by atoms with Crippen LogP contribution in [0.2, 0.25) is 0 Å². The number of anilines is 2. The van der Waals surface area contributed by atoms with E-state index in [2.05, 4.69) is 17.6 Å². The average molecular weight is 308 g/mol. The predicted molar refractivity (Wildman–Crippen MR) is 93.7 cm³/mol. The molecule has 0 heterocycles. The molecule has 4 heteroatoms. The number of nitrogens with one attached hydrogen (secondary N) is 2. The zero-order valence-electron chi connectivity index (χ0n) is 13.3. The molecule has 0 spiro atoms. The summed E-state index contributed by atoms with van der Waals surface area (Å²) < 4.78 is 0. The Morgan fingerprint density at radius 1 is 0.957 bits per heavy atom. The van der Waals surface area contributed by atoms with E-state index in [4.69, 9.17) is 0 Å². The summed E-state index contributed by atoms with van der Waals surface area (Å²) in [6, 6.07) is 14.9. The van der Waals surface area contributed by atoms with Crippen LogP contribution in [0.1, 0.15) is 29.8 Å². The van der Waals surface area contributed by atoms with E-state index >= 15 is 0 Å². The lowest BCUT2D eigenvalue weighted by molar-refractivity contribution is -0.114. The summed E-state index contributed by atoms with van der Waals surface area (Å²) in [5.41, 5.74) is 3.45. The van der Waals surface area contributed by atoms with Gasteiger partial charge in [-0.2, -0.15) is 0 Å². The first-order valence-electron chi connectivity index (χ1n) is 7.52. The summed E-state index contributed by atoms with van der Waals surface area (Å²) >= 11 is 0. The van der Waals surface area contributed by atoms with Crippen molar-refractivity contribution in [2.75, 3.05) is 10.6 Å². The maximum atomic E-state index is 12.0. The first-order chi connectivity index (χ1) is 11.1. The number of rotatable bonds is 6. The number of benzene rings is 2. The van der Waals surface area contributed by atoms with Crippen LogP contribution in [-0.2, 0) is 11.2 Å². The summed E-state index contributed by atoms with van der Waals surface area (Å²) in [6.07, 6.45) is 4.08. The highest BCUT2D eigenvalue weighted by Gasteiger charge is 2.01. The van der Waals surface area contributed by atoms with Gasteiger partial charge in [-0.25, -0.2) is 0 Å². The Kier molecular flexibility index (Phi) is 5.69. The van der Waals surface area contributed by atoms with Crippen LogP contribution in [0, 0.1) is 0 Å². The monoisotopic (exact) mass is 308 g/mol. The lowest BCUT2D eigenvalue weighted by Crippen LogP contribution is -2.05. The van der Waals surface area contributed by atoms with Crippen molar-refractivity contribution in [2.24, 2.45) is 0 Å². The zero-order valence-corrected chi connectivity index (χ0v) is 13.3. The normalized spacial score (nSPS) is 10.5. The lowest BCUT2D eigenvalue weighted by atomic mass is 10.1. The number of amides is 1. The molecule has 2 aromatic carbocycles. The maximum Gasteiger partial charge on any atom is 0.221 e. The smallest absolute Gasteiger partial charge is 0.221 e. The summed E-state index contributed by atoms with van der Waals surface area (Å²) in [4.78, 5) is 23.0. The third-order valence-corrected chi connectivity index (χ3v) is 3.34. The number of hydrogen-bond donors (Lipinski definition) is 2. The van der Waals surface area contributed by atoms with Gasteiger partial charge in [0.15, 0.2) is 5.78 Å². The standard InChI is InChI=1S/C19H20N2O2/c1-3-15-4-6-16(7-5-15)19(23)12-13-20-17-8-10-18(11-9-17)21-14(2)22/h4-13,20H,3H2,1-2H3,(H,21,22)/b13-12-. The molecule has 0 bridgehead atoms. The molecule has 0 aromatic heterocycles. The van der Waals surface area contributed by atoms with E-state index in [1.165, 1.54) is 18.6 Å². The van der Waals surface area contributed by atoms with Gasteiger partial charge in [-0.1, -0.05) is 31.2 Å². The minimum Gasteiger partial charge on any atom is -0.362 e. The highest BCUT2D eigenvalue weighted by atomic mass is 16.1. The molecule has 0 saturated carbocycles. The summed E-state index contributed by atoms with van der Waals surface area (Å²) in [5, 5.41) is 5.73. The van der Waals surface area contributed by atoms with Crippen LogP contribution < -0.4 is 10.6 Å². The highest BCUT2D eigenvalue weighted by molar-refractivity contribution is 6.04. The van der Waals surface area contributed by atoms with E-state index in [1.807, 2.05) is 36.4 Å². The number of ketones is 1. The fourth-order valence-corrected chi connectivity index (χ4v) is 2.07. The van der Waals surface area contributed by atoms with E-state index < -0.39 is 0 Å². The molecule has 0 fully saturated rings. The molecule has 2 rings (SSSR count). The Hall–Kier alpha value is -2.88. The molecule has 23 heavy (non-hydrogen) atoms. The number of hydrogen-bond acceptors (Lipinski definition) is 3. The first-order valence-corrected chi connectivity index (χ1v) is 7.52. The van der Waals surface area contributed by atoms with Gasteiger partial charge in [0.1, 0.15) is 0 Å². The van der Waals surface area contributed by atoms with E-state index in [0.29, 0.717) is 5.56 Å². The summed E-state index contributed by atoms with van der Waals surface area (Å²) in [6.45, 7) is 3.55. The second-order valence-corrected chi connectivity index (χ2v) is 5.15. The van der Waals surface area contributed by atoms with E-state index in [1.54, 1.807) is 18.3 Å². The van der Waals surface area contributed by atoms with Gasteiger partial charge in [-0.15, -0.1) is 0 Å². The van der Waals surface area contributed by atoms with Gasteiger partial charge in [-0.3, -0.25) is 9.59 Å². The fourth-order valence-electron chi connectivity index (χ4n) is 2.07. The molecule has 2 aromatic rings. The van der Waals surface area contributed by atoms with Crippen molar-refractivity contribution in [3.63, 3.8) is 0 Å². The van der Waals surface area contributed by atoms with Crippen LogP contribution in [0.5, 0.6) is 0 Å². The van der Waals surface area contributed by atoms with Gasteiger partial charge < -0.3 is 10.6 Å². The van der Waals surface area contributed by atoms with Crippen molar-refractivity contribution in [3.05, 3.63) is 71.9 Å². The molecular formula is C19H20N2O2. The van der Waals surface area contributed by atoms with Gasteiger partial charge in [0, 0.05) is 36.1 Å². The Labute approximate surface area is 136 Å². The van der Waals surface area contributed by atoms with Crippen LogP contribution in [0.25, 0.3) is 0 Å². The topological polar surface area (TPSA) is 58.2 Å². The molecule has 0 unspecified atom stereocenters. The van der Waals surface area contributed by atoms with Crippen LogP contribution in [0.4, 0.5) is 11.4 Å².